The summed E-state index contributed by atoms with van der Waals surface area (Å²) >= 11 is 1.86. The van der Waals surface area contributed by atoms with Crippen molar-refractivity contribution in [1.82, 2.24) is 15.5 Å². The van der Waals surface area contributed by atoms with Crippen molar-refractivity contribution in [1.29, 1.82) is 0 Å². The average molecular weight is 371 g/mol. The molecule has 1 aliphatic heterocycles. The molecule has 0 spiro atoms. The summed E-state index contributed by atoms with van der Waals surface area (Å²) in [6.45, 7) is 11.3. The first-order chi connectivity index (χ1) is 12.1. The first-order valence-corrected chi connectivity index (χ1v) is 11.2. The lowest BCUT2D eigenvalue weighted by atomic mass is 9.79. The molecule has 3 atom stereocenters. The Hall–Kier alpha value is -0.460. The highest BCUT2D eigenvalue weighted by molar-refractivity contribution is 8.00. The zero-order chi connectivity index (χ0) is 18.1. The number of nitrogens with one attached hydrogen (secondary N) is 2. The second-order valence-corrected chi connectivity index (χ2v) is 8.92. The van der Waals surface area contributed by atoms with Crippen molar-refractivity contribution in [3.05, 3.63) is 0 Å². The molecule has 1 saturated heterocycles. The van der Waals surface area contributed by atoms with E-state index in [2.05, 4.69) is 41.3 Å². The molecule has 0 aromatic carbocycles. The zero-order valence-corrected chi connectivity index (χ0v) is 17.2. The number of likely N-dealkylation sites (tertiary alicyclic amines) is 1. The number of piperidine rings is 1. The van der Waals surface area contributed by atoms with E-state index in [1.54, 1.807) is 0 Å². The van der Waals surface area contributed by atoms with Gasteiger partial charge in [-0.3, -0.25) is 4.99 Å². The van der Waals surface area contributed by atoms with Gasteiger partial charge < -0.3 is 20.6 Å². The Balaban J connectivity index is 1.72. The predicted octanol–water partition coefficient (Wildman–Crippen LogP) is 2.45. The van der Waals surface area contributed by atoms with Crippen molar-refractivity contribution in [2.24, 2.45) is 4.99 Å². The summed E-state index contributed by atoms with van der Waals surface area (Å²) < 4.78 is 0. The van der Waals surface area contributed by atoms with Crippen molar-refractivity contribution in [3.63, 3.8) is 0 Å². The Labute approximate surface area is 158 Å². The van der Waals surface area contributed by atoms with Crippen LogP contribution in [0.1, 0.15) is 59.3 Å². The Morgan fingerprint density at radius 1 is 1.28 bits per heavy atom. The van der Waals surface area contributed by atoms with E-state index >= 15 is 0 Å². The van der Waals surface area contributed by atoms with Gasteiger partial charge in [-0.1, -0.05) is 13.3 Å². The van der Waals surface area contributed by atoms with Gasteiger partial charge in [-0.15, -0.1) is 0 Å². The minimum atomic E-state index is -0.605. The van der Waals surface area contributed by atoms with E-state index in [-0.39, 0.29) is 0 Å². The molecule has 0 aromatic heterocycles. The normalized spacial score (nSPS) is 30.8. The second kappa shape index (κ2) is 10.6. The Bertz CT molecular complexity index is 420. The minimum absolute atomic E-state index is 0.352. The molecular weight excluding hydrogens is 332 g/mol. The summed E-state index contributed by atoms with van der Waals surface area (Å²) in [6.07, 6.45) is 7.19. The van der Waals surface area contributed by atoms with Crippen molar-refractivity contribution >= 4 is 17.7 Å². The molecule has 2 fully saturated rings. The van der Waals surface area contributed by atoms with Crippen LogP contribution < -0.4 is 10.6 Å². The van der Waals surface area contributed by atoms with Crippen molar-refractivity contribution in [2.75, 3.05) is 38.5 Å². The van der Waals surface area contributed by atoms with Gasteiger partial charge in [0.15, 0.2) is 5.96 Å². The summed E-state index contributed by atoms with van der Waals surface area (Å²) in [5.74, 6) is 1.90. The van der Waals surface area contributed by atoms with Crippen LogP contribution in [0.2, 0.25) is 0 Å². The number of rotatable bonds is 9. The highest BCUT2D eigenvalue weighted by Crippen LogP contribution is 2.41. The molecule has 1 heterocycles. The predicted molar refractivity (Wildman–Crippen MR) is 110 cm³/mol. The average Bonchev–Trinajstić information content (AvgIpc) is 2.61. The van der Waals surface area contributed by atoms with Crippen LogP contribution in [-0.4, -0.2) is 71.3 Å². The van der Waals surface area contributed by atoms with Gasteiger partial charge in [0.25, 0.3) is 0 Å². The van der Waals surface area contributed by atoms with Crippen molar-refractivity contribution in [3.8, 4) is 0 Å². The molecular formula is C19H38N4OS. The van der Waals surface area contributed by atoms with E-state index in [1.807, 2.05) is 11.8 Å². The molecule has 2 rings (SSSR count). The fraction of sp³-hybridized carbons (Fsp3) is 0.947. The van der Waals surface area contributed by atoms with Crippen LogP contribution in [0.4, 0.5) is 0 Å². The lowest BCUT2D eigenvalue weighted by Crippen LogP contribution is -2.53. The smallest absolute Gasteiger partial charge is 0.191 e. The fourth-order valence-corrected chi connectivity index (χ4v) is 4.94. The van der Waals surface area contributed by atoms with Crippen LogP contribution in [0.3, 0.4) is 0 Å². The highest BCUT2D eigenvalue weighted by Gasteiger charge is 2.45. The summed E-state index contributed by atoms with van der Waals surface area (Å²) in [5, 5.41) is 17.8. The molecule has 1 saturated carbocycles. The molecule has 5 nitrogen and oxygen atoms in total. The van der Waals surface area contributed by atoms with Crippen LogP contribution in [0.15, 0.2) is 4.99 Å². The quantitative estimate of drug-likeness (QED) is 0.331. The largest absolute Gasteiger partial charge is 0.387 e. The van der Waals surface area contributed by atoms with Gasteiger partial charge in [-0.05, 0) is 58.2 Å². The zero-order valence-electron chi connectivity index (χ0n) is 16.4. The standard InChI is InChI=1S/C19H38N4OS/c1-4-20-18(22-15-19(24)11-10-17(19)25-5-2)21-12-8-14-23-13-7-6-9-16(23)3/h16-17,24H,4-15H2,1-3H3,(H2,20,21,22). The summed E-state index contributed by atoms with van der Waals surface area (Å²) in [5.41, 5.74) is -0.605. The van der Waals surface area contributed by atoms with Gasteiger partial charge in [0.1, 0.15) is 0 Å². The summed E-state index contributed by atoms with van der Waals surface area (Å²) in [7, 11) is 0. The minimum Gasteiger partial charge on any atom is -0.387 e. The molecule has 0 aromatic rings. The van der Waals surface area contributed by atoms with E-state index in [0.29, 0.717) is 11.8 Å². The first kappa shape index (κ1) is 20.8. The Morgan fingerprint density at radius 2 is 2.12 bits per heavy atom. The number of hydrogen-bond donors (Lipinski definition) is 3. The third-order valence-electron chi connectivity index (χ3n) is 5.52. The third-order valence-corrected chi connectivity index (χ3v) is 6.93. The lowest BCUT2D eigenvalue weighted by molar-refractivity contribution is -0.0154. The number of aliphatic imine (C=N–C) groups is 1. The van der Waals surface area contributed by atoms with Crippen LogP contribution in [0, 0.1) is 0 Å². The highest BCUT2D eigenvalue weighted by atomic mass is 32.2. The molecule has 25 heavy (non-hydrogen) atoms. The van der Waals surface area contributed by atoms with Gasteiger partial charge in [0.05, 0.1) is 12.1 Å². The summed E-state index contributed by atoms with van der Waals surface area (Å²) in [6, 6.07) is 0.733. The topological polar surface area (TPSA) is 59.9 Å². The molecule has 3 unspecified atom stereocenters. The number of aliphatic hydroxyl groups is 1. The SMILES string of the molecule is CCNC(=NCC1(O)CCC1SCC)NCCCN1CCCCC1C. The number of thioether (sulfide) groups is 1. The third kappa shape index (κ3) is 6.33. The Morgan fingerprint density at radius 3 is 2.76 bits per heavy atom. The molecule has 6 heteroatoms. The van der Waals surface area contributed by atoms with Gasteiger partial charge in [0, 0.05) is 30.9 Å². The summed E-state index contributed by atoms with van der Waals surface area (Å²) in [4.78, 5) is 7.27. The van der Waals surface area contributed by atoms with E-state index in [4.69, 9.17) is 0 Å². The van der Waals surface area contributed by atoms with Crippen LogP contribution >= 0.6 is 11.8 Å². The van der Waals surface area contributed by atoms with Gasteiger partial charge in [-0.25, -0.2) is 0 Å². The van der Waals surface area contributed by atoms with E-state index in [1.165, 1.54) is 25.8 Å². The fourth-order valence-electron chi connectivity index (χ4n) is 3.75. The number of nitrogens with zero attached hydrogens (tertiary/aromatic N) is 2. The maximum Gasteiger partial charge on any atom is 0.191 e. The lowest BCUT2D eigenvalue weighted by Gasteiger charge is -2.44. The van der Waals surface area contributed by atoms with Crippen LogP contribution in [0.25, 0.3) is 0 Å². The van der Waals surface area contributed by atoms with E-state index in [0.717, 1.165) is 56.7 Å². The molecule has 146 valence electrons. The maximum atomic E-state index is 10.7. The maximum absolute atomic E-state index is 10.7. The van der Waals surface area contributed by atoms with Gasteiger partial charge in [0.2, 0.25) is 0 Å². The van der Waals surface area contributed by atoms with E-state index < -0.39 is 5.60 Å². The molecule has 0 radical (unpaired) electrons. The van der Waals surface area contributed by atoms with Crippen molar-refractivity contribution < 1.29 is 5.11 Å². The van der Waals surface area contributed by atoms with Gasteiger partial charge >= 0.3 is 0 Å². The molecule has 1 aliphatic carbocycles. The number of hydrogen-bond acceptors (Lipinski definition) is 4. The molecule has 0 amide bonds. The van der Waals surface area contributed by atoms with Crippen LogP contribution in [-0.2, 0) is 0 Å². The Kier molecular flexibility index (Phi) is 8.87. The van der Waals surface area contributed by atoms with E-state index in [9.17, 15) is 5.11 Å². The van der Waals surface area contributed by atoms with Crippen LogP contribution in [0.5, 0.6) is 0 Å². The van der Waals surface area contributed by atoms with Gasteiger partial charge in [-0.2, -0.15) is 11.8 Å². The molecule has 0 bridgehead atoms. The number of guanidine groups is 1. The molecule has 3 N–H and O–H groups in total. The second-order valence-electron chi connectivity index (χ2n) is 7.44. The van der Waals surface area contributed by atoms with Crippen molar-refractivity contribution in [2.45, 2.75) is 76.2 Å². The molecule has 2 aliphatic rings. The monoisotopic (exact) mass is 370 g/mol. The first-order valence-electron chi connectivity index (χ1n) is 10.2.